The second-order valence-corrected chi connectivity index (χ2v) is 6.72. The van der Waals surface area contributed by atoms with Gasteiger partial charge in [-0.05, 0) is 23.5 Å². The summed E-state index contributed by atoms with van der Waals surface area (Å²) in [7, 11) is -5.65. The van der Waals surface area contributed by atoms with E-state index in [1.165, 1.54) is 6.08 Å². The normalized spacial score (nSPS) is 15.6. The maximum absolute atomic E-state index is 12.4. The van der Waals surface area contributed by atoms with Crippen LogP contribution < -0.4 is 0 Å². The lowest BCUT2D eigenvalue weighted by Gasteiger charge is -2.31. The fourth-order valence-electron chi connectivity index (χ4n) is 2.10. The quantitative estimate of drug-likeness (QED) is 0.503. The first-order valence-electron chi connectivity index (χ1n) is 7.85. The third-order valence-electron chi connectivity index (χ3n) is 3.20. The molecule has 0 saturated heterocycles. The monoisotopic (exact) mass is 366 g/mol. The maximum atomic E-state index is 12.4. The molecule has 7 heteroatoms. The lowest BCUT2D eigenvalue weighted by molar-refractivity contribution is -0.0509. The molecule has 0 amide bonds. The van der Waals surface area contributed by atoms with Gasteiger partial charge >= 0.3 is 15.6 Å². The van der Waals surface area contributed by atoms with Crippen molar-refractivity contribution in [1.82, 2.24) is 0 Å². The smallest absolute Gasteiger partial charge is 0.376 e. The van der Waals surface area contributed by atoms with Crippen LogP contribution in [-0.4, -0.2) is 13.9 Å². The van der Waals surface area contributed by atoms with Crippen LogP contribution in [0.1, 0.15) is 59.1 Å². The van der Waals surface area contributed by atoms with E-state index in [2.05, 4.69) is 4.18 Å². The van der Waals surface area contributed by atoms with Gasteiger partial charge < -0.3 is 4.18 Å². The SMILES string of the molecule is CC.CC.CC1(C)CC=C(OS(=O)(=O)C(F)(F)F)c2ccccc21. The van der Waals surface area contributed by atoms with Gasteiger partial charge in [0.15, 0.2) is 0 Å². The van der Waals surface area contributed by atoms with E-state index in [-0.39, 0.29) is 11.2 Å². The zero-order valence-corrected chi connectivity index (χ0v) is 15.7. The first kappa shape index (κ1) is 22.5. The van der Waals surface area contributed by atoms with Crippen molar-refractivity contribution in [3.63, 3.8) is 0 Å². The predicted octanol–water partition coefficient (Wildman–Crippen LogP) is 5.63. The Hall–Kier alpha value is -1.50. The molecule has 0 fully saturated rings. The average Bonchev–Trinajstić information content (AvgIpc) is 2.53. The summed E-state index contributed by atoms with van der Waals surface area (Å²) in [4.78, 5) is 0. The molecule has 0 aliphatic heterocycles. The Balaban J connectivity index is 0.00000123. The predicted molar refractivity (Wildman–Crippen MR) is 90.8 cm³/mol. The number of allylic oxidation sites excluding steroid dienone is 1. The van der Waals surface area contributed by atoms with Crippen LogP contribution in [0.25, 0.3) is 5.76 Å². The van der Waals surface area contributed by atoms with Crippen molar-refractivity contribution >= 4 is 15.9 Å². The highest BCUT2D eigenvalue weighted by Crippen LogP contribution is 2.40. The fourth-order valence-corrected chi connectivity index (χ4v) is 2.59. The summed E-state index contributed by atoms with van der Waals surface area (Å²) >= 11 is 0. The van der Waals surface area contributed by atoms with Crippen molar-refractivity contribution in [1.29, 1.82) is 0 Å². The van der Waals surface area contributed by atoms with Gasteiger partial charge in [-0.2, -0.15) is 21.6 Å². The number of rotatable bonds is 2. The molecule has 0 heterocycles. The Kier molecular flexibility index (Phi) is 8.02. The van der Waals surface area contributed by atoms with Crippen LogP contribution in [0.3, 0.4) is 0 Å². The van der Waals surface area contributed by atoms with E-state index in [1.807, 2.05) is 41.5 Å². The Morgan fingerprint density at radius 2 is 1.54 bits per heavy atom. The highest BCUT2D eigenvalue weighted by Gasteiger charge is 2.49. The third-order valence-corrected chi connectivity index (χ3v) is 4.17. The van der Waals surface area contributed by atoms with Crippen LogP contribution in [-0.2, 0) is 19.7 Å². The summed E-state index contributed by atoms with van der Waals surface area (Å²) in [6, 6.07) is 6.68. The first-order chi connectivity index (χ1) is 11.0. The number of benzene rings is 1. The molecule has 3 nitrogen and oxygen atoms in total. The van der Waals surface area contributed by atoms with E-state index in [4.69, 9.17) is 0 Å². The summed E-state index contributed by atoms with van der Waals surface area (Å²) in [6.45, 7) is 11.9. The number of hydrogen-bond donors (Lipinski definition) is 0. The molecule has 24 heavy (non-hydrogen) atoms. The van der Waals surface area contributed by atoms with Gasteiger partial charge in [-0.15, -0.1) is 0 Å². The van der Waals surface area contributed by atoms with Crippen molar-refractivity contribution < 1.29 is 25.8 Å². The molecule has 0 aromatic heterocycles. The molecule has 1 aliphatic carbocycles. The van der Waals surface area contributed by atoms with Gasteiger partial charge in [-0.25, -0.2) is 0 Å². The number of alkyl halides is 3. The molecule has 138 valence electrons. The maximum Gasteiger partial charge on any atom is 0.534 e. The number of halogens is 3. The van der Waals surface area contributed by atoms with E-state index in [1.54, 1.807) is 24.3 Å². The minimum Gasteiger partial charge on any atom is -0.376 e. The molecule has 2 rings (SSSR count). The topological polar surface area (TPSA) is 43.4 Å². The molecule has 0 radical (unpaired) electrons. The summed E-state index contributed by atoms with van der Waals surface area (Å²) in [5, 5.41) is 0. The van der Waals surface area contributed by atoms with E-state index in [0.29, 0.717) is 12.0 Å². The highest BCUT2D eigenvalue weighted by atomic mass is 32.2. The average molecular weight is 366 g/mol. The van der Waals surface area contributed by atoms with Crippen LogP contribution in [0, 0.1) is 0 Å². The molecule has 1 aromatic carbocycles. The van der Waals surface area contributed by atoms with E-state index < -0.39 is 15.6 Å². The molecule has 0 spiro atoms. The van der Waals surface area contributed by atoms with E-state index in [0.717, 1.165) is 5.56 Å². The fraction of sp³-hybridized carbons (Fsp3) is 0.529. The zero-order valence-electron chi connectivity index (χ0n) is 14.9. The molecule has 0 saturated carbocycles. The Bertz CT molecular complexity index is 660. The van der Waals surface area contributed by atoms with Gasteiger partial charge in [0.25, 0.3) is 0 Å². The molecule has 0 atom stereocenters. The van der Waals surface area contributed by atoms with Crippen LogP contribution in [0.15, 0.2) is 30.3 Å². The second-order valence-electron chi connectivity index (χ2n) is 5.19. The second kappa shape index (κ2) is 8.55. The molecule has 1 aromatic rings. The molecule has 0 unspecified atom stereocenters. The van der Waals surface area contributed by atoms with Crippen molar-refractivity contribution in [2.75, 3.05) is 0 Å². The highest BCUT2D eigenvalue weighted by molar-refractivity contribution is 7.87. The summed E-state index contributed by atoms with van der Waals surface area (Å²) in [5.74, 6) is -0.266. The zero-order chi connectivity index (χ0) is 19.2. The number of hydrogen-bond acceptors (Lipinski definition) is 3. The Labute approximate surface area is 142 Å². The largest absolute Gasteiger partial charge is 0.534 e. The summed E-state index contributed by atoms with van der Waals surface area (Å²) in [6.07, 6.45) is 1.78. The molecular formula is C17H25F3O3S. The third kappa shape index (κ3) is 5.00. The minimum atomic E-state index is -5.65. The van der Waals surface area contributed by atoms with Crippen molar-refractivity contribution in [3.05, 3.63) is 41.5 Å². The summed E-state index contributed by atoms with van der Waals surface area (Å²) in [5.41, 5.74) is -4.59. The molecule has 1 aliphatic rings. The van der Waals surface area contributed by atoms with Crippen molar-refractivity contribution in [3.8, 4) is 0 Å². The van der Waals surface area contributed by atoms with Gasteiger partial charge in [0.05, 0.1) is 0 Å². The molecular weight excluding hydrogens is 341 g/mol. The van der Waals surface area contributed by atoms with Crippen molar-refractivity contribution in [2.45, 2.75) is 58.9 Å². The van der Waals surface area contributed by atoms with Crippen LogP contribution >= 0.6 is 0 Å². The van der Waals surface area contributed by atoms with Gasteiger partial charge in [0.2, 0.25) is 0 Å². The van der Waals surface area contributed by atoms with Gasteiger partial charge in [0.1, 0.15) is 5.76 Å². The Morgan fingerprint density at radius 3 is 2.04 bits per heavy atom. The number of fused-ring (bicyclic) bond motifs is 1. The van der Waals surface area contributed by atoms with E-state index in [9.17, 15) is 21.6 Å². The molecule has 0 bridgehead atoms. The van der Waals surface area contributed by atoms with Crippen LogP contribution in [0.4, 0.5) is 13.2 Å². The van der Waals surface area contributed by atoms with Crippen LogP contribution in [0.5, 0.6) is 0 Å². The van der Waals surface area contributed by atoms with Crippen LogP contribution in [0.2, 0.25) is 0 Å². The first-order valence-corrected chi connectivity index (χ1v) is 9.26. The van der Waals surface area contributed by atoms with Gasteiger partial charge in [-0.3, -0.25) is 0 Å². The minimum absolute atomic E-state index is 0.266. The van der Waals surface area contributed by atoms with Gasteiger partial charge in [-0.1, -0.05) is 65.8 Å². The van der Waals surface area contributed by atoms with Crippen molar-refractivity contribution in [2.24, 2.45) is 0 Å². The summed E-state index contributed by atoms with van der Waals surface area (Å²) < 4.78 is 63.6. The van der Waals surface area contributed by atoms with E-state index >= 15 is 0 Å². The standard InChI is InChI=1S/C13H13F3O3S.2C2H6/c1-12(2)8-7-11(9-5-3-4-6-10(9)12)19-20(17,18)13(14,15)16;2*1-2/h3-7H,8H2,1-2H3;2*1-2H3. The van der Waals surface area contributed by atoms with Gasteiger partial charge in [0, 0.05) is 5.56 Å². The Morgan fingerprint density at radius 1 is 1.04 bits per heavy atom. The lowest BCUT2D eigenvalue weighted by atomic mass is 9.75. The lowest BCUT2D eigenvalue weighted by Crippen LogP contribution is -2.27. The molecule has 0 N–H and O–H groups in total.